The van der Waals surface area contributed by atoms with E-state index in [4.69, 9.17) is 16.0 Å². The lowest BCUT2D eigenvalue weighted by atomic mass is 10.3. The largest absolute Gasteiger partial charge is 0.431 e. The molecule has 2 N–H and O–H groups in total. The first-order valence-electron chi connectivity index (χ1n) is 4.81. The van der Waals surface area contributed by atoms with Crippen molar-refractivity contribution in [3.05, 3.63) is 16.8 Å². The summed E-state index contributed by atoms with van der Waals surface area (Å²) in [6.45, 7) is 3.34. The minimum Gasteiger partial charge on any atom is -0.431 e. The smallest absolute Gasteiger partial charge is 0.274 e. The molecule has 0 aliphatic carbocycles. The third-order valence-electron chi connectivity index (χ3n) is 1.79. The van der Waals surface area contributed by atoms with Gasteiger partial charge in [-0.15, -0.1) is 0 Å². The zero-order chi connectivity index (χ0) is 13.2. The van der Waals surface area contributed by atoms with E-state index in [1.807, 2.05) is 0 Å². The Hall–Kier alpha value is -1.05. The number of hydrogen-bond donors (Lipinski definition) is 2. The second-order valence-electron chi connectivity index (χ2n) is 3.61. The number of amides is 1. The van der Waals surface area contributed by atoms with Gasteiger partial charge in [-0.1, -0.05) is 0 Å². The van der Waals surface area contributed by atoms with Crippen molar-refractivity contribution in [1.82, 2.24) is 10.0 Å². The zero-order valence-corrected chi connectivity index (χ0v) is 11.1. The van der Waals surface area contributed by atoms with Crippen molar-refractivity contribution in [1.29, 1.82) is 0 Å². The van der Waals surface area contributed by atoms with Gasteiger partial charge in [-0.3, -0.25) is 4.79 Å². The Morgan fingerprint density at radius 2 is 2.06 bits per heavy atom. The van der Waals surface area contributed by atoms with Crippen molar-refractivity contribution in [3.63, 3.8) is 0 Å². The van der Waals surface area contributed by atoms with E-state index in [1.54, 1.807) is 13.8 Å². The van der Waals surface area contributed by atoms with Gasteiger partial charge in [0.2, 0.25) is 10.3 Å². The van der Waals surface area contributed by atoms with E-state index in [1.165, 1.54) is 7.05 Å². The van der Waals surface area contributed by atoms with Gasteiger partial charge < -0.3 is 9.73 Å². The van der Waals surface area contributed by atoms with Crippen LogP contribution in [-0.2, 0) is 10.0 Å². The van der Waals surface area contributed by atoms with Crippen molar-refractivity contribution in [2.75, 3.05) is 7.05 Å². The minimum atomic E-state index is -3.78. The van der Waals surface area contributed by atoms with Gasteiger partial charge in [0.05, 0.1) is 5.56 Å². The van der Waals surface area contributed by atoms with Gasteiger partial charge in [0.25, 0.3) is 15.9 Å². The number of rotatable bonds is 4. The molecule has 1 rings (SSSR count). The van der Waals surface area contributed by atoms with Gasteiger partial charge in [0.1, 0.15) is 0 Å². The molecule has 1 amide bonds. The Bertz CT molecular complexity index is 521. The van der Waals surface area contributed by atoms with E-state index in [9.17, 15) is 13.2 Å². The highest BCUT2D eigenvalue weighted by atomic mass is 35.5. The highest BCUT2D eigenvalue weighted by Crippen LogP contribution is 2.24. The van der Waals surface area contributed by atoms with Crippen LogP contribution < -0.4 is 10.0 Å². The molecule has 0 spiro atoms. The number of furan rings is 1. The molecule has 0 aromatic carbocycles. The molecule has 0 saturated carbocycles. The zero-order valence-electron chi connectivity index (χ0n) is 9.57. The average Bonchev–Trinajstić information content (AvgIpc) is 2.58. The number of halogens is 1. The van der Waals surface area contributed by atoms with Crippen LogP contribution in [0.15, 0.2) is 15.6 Å². The molecule has 0 radical (unpaired) electrons. The molecule has 6 nitrogen and oxygen atoms in total. The first-order valence-corrected chi connectivity index (χ1v) is 6.67. The van der Waals surface area contributed by atoms with Gasteiger partial charge in [-0.25, -0.2) is 13.1 Å². The van der Waals surface area contributed by atoms with E-state index in [2.05, 4.69) is 10.0 Å². The molecule has 1 aromatic rings. The number of sulfonamides is 1. The summed E-state index contributed by atoms with van der Waals surface area (Å²) in [6, 6.07) is 0.804. The number of carbonyl (C=O) groups excluding carboxylic acids is 1. The molecule has 96 valence electrons. The van der Waals surface area contributed by atoms with Crippen LogP contribution >= 0.6 is 11.6 Å². The molecule has 8 heteroatoms. The average molecular weight is 281 g/mol. The maximum Gasteiger partial charge on any atom is 0.274 e. The topological polar surface area (TPSA) is 88.4 Å². The normalized spacial score (nSPS) is 11.8. The molecule has 0 atom stereocenters. The third-order valence-corrected chi connectivity index (χ3v) is 3.58. The minimum absolute atomic E-state index is 0.0155. The lowest BCUT2D eigenvalue weighted by molar-refractivity contribution is 0.0962. The second kappa shape index (κ2) is 5.07. The molecular formula is C9H13ClN2O4S. The maximum atomic E-state index is 11.7. The number of carbonyl (C=O) groups is 1. The van der Waals surface area contributed by atoms with Crippen LogP contribution in [0.4, 0.5) is 0 Å². The fourth-order valence-corrected chi connectivity index (χ4v) is 2.61. The fourth-order valence-electron chi connectivity index (χ4n) is 1.14. The van der Waals surface area contributed by atoms with Crippen molar-refractivity contribution in [3.8, 4) is 0 Å². The van der Waals surface area contributed by atoms with Gasteiger partial charge in [-0.2, -0.15) is 0 Å². The van der Waals surface area contributed by atoms with Crippen LogP contribution in [0.5, 0.6) is 0 Å². The van der Waals surface area contributed by atoms with Gasteiger partial charge in [-0.05, 0) is 25.4 Å². The van der Waals surface area contributed by atoms with Crippen LogP contribution in [0.1, 0.15) is 24.2 Å². The Morgan fingerprint density at radius 1 is 1.47 bits per heavy atom. The molecule has 0 saturated heterocycles. The summed E-state index contributed by atoms with van der Waals surface area (Å²) in [5, 5.41) is 1.69. The summed E-state index contributed by atoms with van der Waals surface area (Å²) >= 11 is 5.64. The Kier molecular flexibility index (Phi) is 4.18. The summed E-state index contributed by atoms with van der Waals surface area (Å²) < 4.78 is 30.6. The standard InChI is InChI=1S/C9H13ClN2O4S/c1-5(2)12-17(14,15)7-4-6(8(10)16-7)9(13)11-3/h4-5,12H,1-3H3,(H,11,13). The Morgan fingerprint density at radius 3 is 2.53 bits per heavy atom. The van der Waals surface area contributed by atoms with Crippen molar-refractivity contribution < 1.29 is 17.6 Å². The summed E-state index contributed by atoms with van der Waals surface area (Å²) in [4.78, 5) is 11.3. The summed E-state index contributed by atoms with van der Waals surface area (Å²) in [6.07, 6.45) is 0. The highest BCUT2D eigenvalue weighted by Gasteiger charge is 2.24. The fraction of sp³-hybridized carbons (Fsp3) is 0.444. The first kappa shape index (κ1) is 14.0. The lowest BCUT2D eigenvalue weighted by Crippen LogP contribution is -2.29. The number of hydrogen-bond acceptors (Lipinski definition) is 4. The quantitative estimate of drug-likeness (QED) is 0.860. The molecule has 17 heavy (non-hydrogen) atoms. The summed E-state index contributed by atoms with van der Waals surface area (Å²) in [5.41, 5.74) is -0.0155. The van der Waals surface area contributed by atoms with Crippen LogP contribution in [0.25, 0.3) is 0 Å². The summed E-state index contributed by atoms with van der Waals surface area (Å²) in [7, 11) is -2.38. The molecule has 1 heterocycles. The lowest BCUT2D eigenvalue weighted by Gasteiger charge is -2.05. The summed E-state index contributed by atoms with van der Waals surface area (Å²) in [5.74, 6) is -0.509. The molecule has 0 bridgehead atoms. The van der Waals surface area contributed by atoms with E-state index >= 15 is 0 Å². The molecule has 1 aromatic heterocycles. The SMILES string of the molecule is CNC(=O)c1cc(S(=O)(=O)NC(C)C)oc1Cl. The first-order chi connectivity index (χ1) is 7.77. The van der Waals surface area contributed by atoms with E-state index in [0.717, 1.165) is 6.07 Å². The second-order valence-corrected chi connectivity index (χ2v) is 5.60. The van der Waals surface area contributed by atoms with Crippen LogP contribution in [-0.4, -0.2) is 27.4 Å². The van der Waals surface area contributed by atoms with Gasteiger partial charge in [0, 0.05) is 19.2 Å². The molecule has 0 aliphatic heterocycles. The van der Waals surface area contributed by atoms with Crippen LogP contribution in [0, 0.1) is 0 Å². The third kappa shape index (κ3) is 3.21. The Balaban J connectivity index is 3.14. The van der Waals surface area contributed by atoms with Crippen LogP contribution in [0.3, 0.4) is 0 Å². The van der Waals surface area contributed by atoms with E-state index in [-0.39, 0.29) is 21.9 Å². The van der Waals surface area contributed by atoms with Crippen LogP contribution in [0.2, 0.25) is 5.22 Å². The molecular weight excluding hydrogens is 268 g/mol. The van der Waals surface area contributed by atoms with Gasteiger partial charge in [0.15, 0.2) is 0 Å². The predicted molar refractivity (Wildman–Crippen MR) is 62.6 cm³/mol. The molecule has 0 fully saturated rings. The van der Waals surface area contributed by atoms with Crippen molar-refractivity contribution in [2.24, 2.45) is 0 Å². The Labute approximate surface area is 104 Å². The van der Waals surface area contributed by atoms with Crippen molar-refractivity contribution in [2.45, 2.75) is 25.0 Å². The van der Waals surface area contributed by atoms with Gasteiger partial charge >= 0.3 is 0 Å². The van der Waals surface area contributed by atoms with E-state index < -0.39 is 15.9 Å². The van der Waals surface area contributed by atoms with E-state index in [0.29, 0.717) is 0 Å². The molecule has 0 aliphatic rings. The number of nitrogens with one attached hydrogen (secondary N) is 2. The van der Waals surface area contributed by atoms with Crippen molar-refractivity contribution >= 4 is 27.5 Å². The predicted octanol–water partition coefficient (Wildman–Crippen LogP) is 0.979. The molecule has 0 unspecified atom stereocenters. The monoisotopic (exact) mass is 280 g/mol. The maximum absolute atomic E-state index is 11.7. The highest BCUT2D eigenvalue weighted by molar-refractivity contribution is 7.89.